The molecule has 1 aromatic carbocycles. The molecule has 1 saturated heterocycles. The van der Waals surface area contributed by atoms with Gasteiger partial charge in [0.2, 0.25) is 5.91 Å². The normalized spacial score (nSPS) is 14.0. The van der Waals surface area contributed by atoms with Gasteiger partial charge in [-0.25, -0.2) is 0 Å². The van der Waals surface area contributed by atoms with Crippen LogP contribution in [0.25, 0.3) is 0 Å². The highest BCUT2D eigenvalue weighted by atomic mass is 16.5. The molecule has 0 saturated carbocycles. The molecule has 1 aliphatic heterocycles. The van der Waals surface area contributed by atoms with Crippen LogP contribution < -0.4 is 10.1 Å². The second-order valence-electron chi connectivity index (χ2n) is 6.16. The number of anilines is 2. The molecule has 8 nitrogen and oxygen atoms in total. The van der Waals surface area contributed by atoms with Crippen LogP contribution in [-0.2, 0) is 4.79 Å². The third-order valence-corrected chi connectivity index (χ3v) is 4.35. The minimum atomic E-state index is -0.174. The summed E-state index contributed by atoms with van der Waals surface area (Å²) in [5.41, 5.74) is 1.07. The first kappa shape index (κ1) is 18.6. The van der Waals surface area contributed by atoms with Gasteiger partial charge in [0.05, 0.1) is 12.3 Å². The summed E-state index contributed by atoms with van der Waals surface area (Å²) in [5.74, 6) is 1.11. The zero-order valence-electron chi connectivity index (χ0n) is 15.5. The molecule has 0 radical (unpaired) electrons. The van der Waals surface area contributed by atoms with E-state index in [-0.39, 0.29) is 17.5 Å². The van der Waals surface area contributed by atoms with Crippen molar-refractivity contribution in [3.8, 4) is 5.75 Å². The largest absolute Gasteiger partial charge is 0.492 e. The molecule has 2 amide bonds. The Morgan fingerprint density at radius 3 is 2.37 bits per heavy atom. The number of piperazine rings is 1. The van der Waals surface area contributed by atoms with E-state index in [1.165, 1.54) is 0 Å². The second kappa shape index (κ2) is 8.48. The van der Waals surface area contributed by atoms with Crippen molar-refractivity contribution in [1.29, 1.82) is 0 Å². The lowest BCUT2D eigenvalue weighted by molar-refractivity contribution is -0.130. The minimum absolute atomic E-state index is 0.0321. The standard InChI is InChI=1S/C19H23N5O3/c1-3-27-17-7-5-4-6-15(17)20-18-9-8-16(21-22-18)19(26)24-12-10-23(11-13-24)14(2)25/h4-9H,3,10-13H2,1-2H3,(H,20,22). The Balaban J connectivity index is 1.64. The highest BCUT2D eigenvalue weighted by Crippen LogP contribution is 2.26. The number of hydrogen-bond donors (Lipinski definition) is 1. The maximum atomic E-state index is 12.6. The van der Waals surface area contributed by atoms with Crippen LogP contribution in [0, 0.1) is 0 Å². The molecule has 1 aromatic heterocycles. The SMILES string of the molecule is CCOc1ccccc1Nc1ccc(C(=O)N2CCN(C(C)=O)CC2)nn1. The maximum absolute atomic E-state index is 12.6. The Morgan fingerprint density at radius 1 is 1.04 bits per heavy atom. The molecule has 1 N–H and O–H groups in total. The van der Waals surface area contributed by atoms with Crippen LogP contribution in [-0.4, -0.2) is 64.6 Å². The summed E-state index contributed by atoms with van der Waals surface area (Å²) >= 11 is 0. The molecule has 27 heavy (non-hydrogen) atoms. The Hall–Kier alpha value is -3.16. The van der Waals surface area contributed by atoms with Crippen molar-refractivity contribution in [3.05, 3.63) is 42.1 Å². The van der Waals surface area contributed by atoms with Crippen molar-refractivity contribution >= 4 is 23.3 Å². The molecule has 0 aliphatic carbocycles. The molecule has 0 unspecified atom stereocenters. The van der Waals surface area contributed by atoms with E-state index in [0.29, 0.717) is 38.6 Å². The van der Waals surface area contributed by atoms with Crippen molar-refractivity contribution in [2.75, 3.05) is 38.1 Å². The molecule has 3 rings (SSSR count). The average Bonchev–Trinajstić information content (AvgIpc) is 2.70. The molecular weight excluding hydrogens is 346 g/mol. The molecule has 8 heteroatoms. The number of benzene rings is 1. The lowest BCUT2D eigenvalue weighted by atomic mass is 10.2. The van der Waals surface area contributed by atoms with Crippen molar-refractivity contribution < 1.29 is 14.3 Å². The molecule has 1 aliphatic rings. The van der Waals surface area contributed by atoms with Gasteiger partial charge in [-0.05, 0) is 31.2 Å². The minimum Gasteiger partial charge on any atom is -0.492 e. The van der Waals surface area contributed by atoms with E-state index >= 15 is 0 Å². The number of hydrogen-bond acceptors (Lipinski definition) is 6. The summed E-state index contributed by atoms with van der Waals surface area (Å²) in [7, 11) is 0. The summed E-state index contributed by atoms with van der Waals surface area (Å²) in [6, 6.07) is 10.9. The van der Waals surface area contributed by atoms with Crippen molar-refractivity contribution in [3.63, 3.8) is 0 Å². The molecule has 0 bridgehead atoms. The third-order valence-electron chi connectivity index (χ3n) is 4.35. The first-order chi connectivity index (χ1) is 13.1. The Labute approximate surface area is 158 Å². The van der Waals surface area contributed by atoms with E-state index < -0.39 is 0 Å². The molecule has 2 heterocycles. The van der Waals surface area contributed by atoms with E-state index in [1.807, 2.05) is 31.2 Å². The lowest BCUT2D eigenvalue weighted by Gasteiger charge is -2.33. The van der Waals surface area contributed by atoms with E-state index in [9.17, 15) is 9.59 Å². The van der Waals surface area contributed by atoms with Crippen LogP contribution in [0.4, 0.5) is 11.5 Å². The van der Waals surface area contributed by atoms with Gasteiger partial charge in [-0.1, -0.05) is 12.1 Å². The van der Waals surface area contributed by atoms with Crippen LogP contribution in [0.15, 0.2) is 36.4 Å². The number of rotatable bonds is 5. The van der Waals surface area contributed by atoms with Crippen LogP contribution in [0.1, 0.15) is 24.3 Å². The first-order valence-corrected chi connectivity index (χ1v) is 8.96. The van der Waals surface area contributed by atoms with Gasteiger partial charge in [-0.15, -0.1) is 10.2 Å². The Kier molecular flexibility index (Phi) is 5.85. The van der Waals surface area contributed by atoms with Gasteiger partial charge in [0.25, 0.3) is 5.91 Å². The average molecular weight is 369 g/mol. The monoisotopic (exact) mass is 369 g/mol. The summed E-state index contributed by atoms with van der Waals surface area (Å²) in [5, 5.41) is 11.3. The fourth-order valence-electron chi connectivity index (χ4n) is 2.89. The van der Waals surface area contributed by atoms with Gasteiger partial charge in [0, 0.05) is 33.1 Å². The number of ether oxygens (including phenoxy) is 1. The number of aromatic nitrogens is 2. The number of carbonyl (C=O) groups is 2. The lowest BCUT2D eigenvalue weighted by Crippen LogP contribution is -2.50. The van der Waals surface area contributed by atoms with Gasteiger partial charge < -0.3 is 19.9 Å². The predicted molar refractivity (Wildman–Crippen MR) is 101 cm³/mol. The van der Waals surface area contributed by atoms with Gasteiger partial charge in [-0.2, -0.15) is 0 Å². The Bertz CT molecular complexity index is 801. The number of nitrogens with zero attached hydrogens (tertiary/aromatic N) is 4. The summed E-state index contributed by atoms with van der Waals surface area (Å²) in [6.45, 7) is 6.12. The highest BCUT2D eigenvalue weighted by molar-refractivity contribution is 5.92. The summed E-state index contributed by atoms with van der Waals surface area (Å²) in [4.78, 5) is 27.4. The fraction of sp³-hybridized carbons (Fsp3) is 0.368. The molecule has 0 spiro atoms. The fourth-order valence-corrected chi connectivity index (χ4v) is 2.89. The summed E-state index contributed by atoms with van der Waals surface area (Å²) in [6.07, 6.45) is 0. The second-order valence-corrected chi connectivity index (χ2v) is 6.16. The van der Waals surface area contributed by atoms with Gasteiger partial charge in [0.15, 0.2) is 11.5 Å². The zero-order valence-corrected chi connectivity index (χ0v) is 15.5. The molecule has 142 valence electrons. The predicted octanol–water partition coefficient (Wildman–Crippen LogP) is 1.92. The van der Waals surface area contributed by atoms with E-state index in [1.54, 1.807) is 28.9 Å². The number of amides is 2. The maximum Gasteiger partial charge on any atom is 0.274 e. The van der Waals surface area contributed by atoms with Gasteiger partial charge >= 0.3 is 0 Å². The smallest absolute Gasteiger partial charge is 0.274 e. The highest BCUT2D eigenvalue weighted by Gasteiger charge is 2.24. The number of carbonyl (C=O) groups excluding carboxylic acids is 2. The molecule has 1 fully saturated rings. The quantitative estimate of drug-likeness (QED) is 0.866. The van der Waals surface area contributed by atoms with E-state index in [0.717, 1.165) is 11.4 Å². The van der Waals surface area contributed by atoms with E-state index in [4.69, 9.17) is 4.74 Å². The van der Waals surface area contributed by atoms with Crippen LogP contribution in [0.2, 0.25) is 0 Å². The van der Waals surface area contributed by atoms with Gasteiger partial charge in [0.1, 0.15) is 5.75 Å². The topological polar surface area (TPSA) is 87.7 Å². The first-order valence-electron chi connectivity index (χ1n) is 8.96. The Morgan fingerprint density at radius 2 is 1.74 bits per heavy atom. The molecule has 0 atom stereocenters. The third kappa shape index (κ3) is 4.52. The number of nitrogens with one attached hydrogen (secondary N) is 1. The van der Waals surface area contributed by atoms with Crippen molar-refractivity contribution in [2.45, 2.75) is 13.8 Å². The van der Waals surface area contributed by atoms with Gasteiger partial charge in [-0.3, -0.25) is 9.59 Å². The molecule has 2 aromatic rings. The summed E-state index contributed by atoms with van der Waals surface area (Å²) < 4.78 is 5.58. The molecular formula is C19H23N5O3. The zero-order chi connectivity index (χ0) is 19.2. The van der Waals surface area contributed by atoms with Crippen LogP contribution >= 0.6 is 0 Å². The van der Waals surface area contributed by atoms with Crippen LogP contribution in [0.5, 0.6) is 5.75 Å². The van der Waals surface area contributed by atoms with Crippen LogP contribution in [0.3, 0.4) is 0 Å². The van der Waals surface area contributed by atoms with E-state index in [2.05, 4.69) is 15.5 Å². The van der Waals surface area contributed by atoms with Crippen molar-refractivity contribution in [1.82, 2.24) is 20.0 Å². The number of para-hydroxylation sites is 2. The van der Waals surface area contributed by atoms with Crippen molar-refractivity contribution in [2.24, 2.45) is 0 Å².